The summed E-state index contributed by atoms with van der Waals surface area (Å²) < 4.78 is 0. The maximum atomic E-state index is 11.8. The molecule has 1 aromatic carbocycles. The molecule has 19 heavy (non-hydrogen) atoms. The first kappa shape index (κ1) is 15.5. The van der Waals surface area contributed by atoms with Crippen LogP contribution in [0.1, 0.15) is 18.9 Å². The second-order valence-corrected chi connectivity index (χ2v) is 5.01. The average Bonchev–Trinajstić information content (AvgIpc) is 2.37. The Kier molecular flexibility index (Phi) is 6.36. The van der Waals surface area contributed by atoms with Crippen LogP contribution in [0.15, 0.2) is 24.3 Å². The Morgan fingerprint density at radius 1 is 1.21 bits per heavy atom. The summed E-state index contributed by atoms with van der Waals surface area (Å²) in [6.07, 6.45) is 1.93. The van der Waals surface area contributed by atoms with E-state index in [1.807, 2.05) is 24.3 Å². The largest absolute Gasteiger partial charge is 0.399 e. The Morgan fingerprint density at radius 3 is 2.47 bits per heavy atom. The highest BCUT2D eigenvalue weighted by atomic mass is 16.2. The van der Waals surface area contributed by atoms with E-state index in [2.05, 4.69) is 11.8 Å². The van der Waals surface area contributed by atoms with Crippen molar-refractivity contribution in [2.75, 3.05) is 39.5 Å². The van der Waals surface area contributed by atoms with Crippen LogP contribution in [-0.2, 0) is 11.2 Å². The molecule has 0 aliphatic carbocycles. The highest BCUT2D eigenvalue weighted by Crippen LogP contribution is 2.11. The van der Waals surface area contributed by atoms with Gasteiger partial charge in [0, 0.05) is 26.3 Å². The van der Waals surface area contributed by atoms with Gasteiger partial charge in [-0.15, -0.1) is 0 Å². The predicted molar refractivity (Wildman–Crippen MR) is 80.0 cm³/mol. The van der Waals surface area contributed by atoms with Crippen molar-refractivity contribution in [2.24, 2.45) is 0 Å². The van der Waals surface area contributed by atoms with Gasteiger partial charge < -0.3 is 10.6 Å². The minimum Gasteiger partial charge on any atom is -0.399 e. The maximum absolute atomic E-state index is 11.8. The summed E-state index contributed by atoms with van der Waals surface area (Å²) in [6, 6.07) is 7.91. The first-order valence-electron chi connectivity index (χ1n) is 6.80. The molecule has 4 heteroatoms. The number of nitrogens with zero attached hydrogens (tertiary/aromatic N) is 2. The van der Waals surface area contributed by atoms with Gasteiger partial charge in [0.15, 0.2) is 0 Å². The molecule has 0 bridgehead atoms. The minimum absolute atomic E-state index is 0.148. The smallest absolute Gasteiger partial charge is 0.236 e. The molecule has 0 heterocycles. The van der Waals surface area contributed by atoms with Crippen molar-refractivity contribution in [3.8, 4) is 0 Å². The molecular weight excluding hydrogens is 238 g/mol. The second kappa shape index (κ2) is 7.79. The molecule has 0 unspecified atom stereocenters. The molecule has 0 fully saturated rings. The number of nitrogen functional groups attached to an aromatic ring is 1. The number of rotatable bonds is 7. The topological polar surface area (TPSA) is 49.6 Å². The van der Waals surface area contributed by atoms with Gasteiger partial charge in [-0.3, -0.25) is 9.69 Å². The second-order valence-electron chi connectivity index (χ2n) is 5.01. The van der Waals surface area contributed by atoms with Crippen LogP contribution in [0.3, 0.4) is 0 Å². The normalized spacial score (nSPS) is 10.7. The molecule has 1 aromatic rings. The number of hydrogen-bond acceptors (Lipinski definition) is 3. The van der Waals surface area contributed by atoms with Crippen molar-refractivity contribution >= 4 is 11.6 Å². The lowest BCUT2D eigenvalue weighted by molar-refractivity contribution is -0.129. The van der Waals surface area contributed by atoms with Crippen molar-refractivity contribution in [1.82, 2.24) is 9.80 Å². The van der Waals surface area contributed by atoms with Crippen LogP contribution in [0.4, 0.5) is 5.69 Å². The van der Waals surface area contributed by atoms with Gasteiger partial charge in [-0.2, -0.15) is 0 Å². The fourth-order valence-electron chi connectivity index (χ4n) is 1.96. The molecule has 106 valence electrons. The number of benzene rings is 1. The van der Waals surface area contributed by atoms with E-state index in [0.717, 1.165) is 37.2 Å². The lowest BCUT2D eigenvalue weighted by atomic mass is 10.1. The lowest BCUT2D eigenvalue weighted by Crippen LogP contribution is -2.38. The molecular formula is C15H25N3O. The molecule has 0 aromatic heterocycles. The van der Waals surface area contributed by atoms with Gasteiger partial charge in [0.2, 0.25) is 5.91 Å². The van der Waals surface area contributed by atoms with Gasteiger partial charge in [0.05, 0.1) is 6.54 Å². The average molecular weight is 263 g/mol. The molecule has 0 saturated heterocycles. The summed E-state index contributed by atoms with van der Waals surface area (Å²) in [5.41, 5.74) is 7.92. The molecule has 1 rings (SSSR count). The highest BCUT2D eigenvalue weighted by molar-refractivity contribution is 5.77. The first-order chi connectivity index (χ1) is 9.04. The van der Waals surface area contributed by atoms with Crippen LogP contribution < -0.4 is 5.73 Å². The van der Waals surface area contributed by atoms with Crippen molar-refractivity contribution < 1.29 is 4.79 Å². The fraction of sp³-hybridized carbons (Fsp3) is 0.533. The molecule has 0 aliphatic heterocycles. The summed E-state index contributed by atoms with van der Waals surface area (Å²) in [6.45, 7) is 4.41. The summed E-state index contributed by atoms with van der Waals surface area (Å²) in [5, 5.41) is 0. The van der Waals surface area contributed by atoms with E-state index in [9.17, 15) is 4.79 Å². The Hall–Kier alpha value is -1.55. The standard InChI is InChI=1S/C15H25N3O/c1-4-10-18(12-15(19)17(2)3)11-9-13-7-5-6-8-14(13)16/h5-8H,4,9-12,16H2,1-3H3. The summed E-state index contributed by atoms with van der Waals surface area (Å²) in [4.78, 5) is 15.6. The number of hydrogen-bond donors (Lipinski definition) is 1. The summed E-state index contributed by atoms with van der Waals surface area (Å²) in [7, 11) is 3.59. The monoisotopic (exact) mass is 263 g/mol. The lowest BCUT2D eigenvalue weighted by Gasteiger charge is -2.23. The van der Waals surface area contributed by atoms with E-state index in [-0.39, 0.29) is 5.91 Å². The van der Waals surface area contributed by atoms with Gasteiger partial charge in [-0.05, 0) is 31.0 Å². The third-order valence-electron chi connectivity index (χ3n) is 3.15. The van der Waals surface area contributed by atoms with E-state index < -0.39 is 0 Å². The Bertz CT molecular complexity index is 404. The zero-order chi connectivity index (χ0) is 14.3. The molecule has 0 aliphatic rings. The van der Waals surface area contributed by atoms with Crippen molar-refractivity contribution in [1.29, 1.82) is 0 Å². The molecule has 0 spiro atoms. The van der Waals surface area contributed by atoms with E-state index in [1.165, 1.54) is 0 Å². The quantitative estimate of drug-likeness (QED) is 0.760. The first-order valence-corrected chi connectivity index (χ1v) is 6.80. The SMILES string of the molecule is CCCN(CCc1ccccc1N)CC(=O)N(C)C. The van der Waals surface area contributed by atoms with Gasteiger partial charge >= 0.3 is 0 Å². The number of nitrogens with two attached hydrogens (primary N) is 1. The Morgan fingerprint density at radius 2 is 1.89 bits per heavy atom. The van der Waals surface area contributed by atoms with E-state index in [0.29, 0.717) is 6.54 Å². The zero-order valence-corrected chi connectivity index (χ0v) is 12.2. The molecule has 4 nitrogen and oxygen atoms in total. The molecule has 2 N–H and O–H groups in total. The van der Waals surface area contributed by atoms with Crippen LogP contribution in [0.2, 0.25) is 0 Å². The van der Waals surface area contributed by atoms with E-state index in [1.54, 1.807) is 19.0 Å². The van der Waals surface area contributed by atoms with Gasteiger partial charge in [0.1, 0.15) is 0 Å². The van der Waals surface area contributed by atoms with Gasteiger partial charge in [0.25, 0.3) is 0 Å². The van der Waals surface area contributed by atoms with Crippen molar-refractivity contribution in [3.05, 3.63) is 29.8 Å². The predicted octanol–water partition coefficient (Wildman–Crippen LogP) is 1.61. The van der Waals surface area contributed by atoms with Crippen LogP contribution >= 0.6 is 0 Å². The molecule has 1 amide bonds. The van der Waals surface area contributed by atoms with Gasteiger partial charge in [-0.25, -0.2) is 0 Å². The highest BCUT2D eigenvalue weighted by Gasteiger charge is 2.11. The van der Waals surface area contributed by atoms with Crippen LogP contribution in [0.25, 0.3) is 0 Å². The maximum Gasteiger partial charge on any atom is 0.236 e. The van der Waals surface area contributed by atoms with E-state index >= 15 is 0 Å². The number of carbonyl (C=O) groups is 1. The number of para-hydroxylation sites is 1. The van der Waals surface area contributed by atoms with Gasteiger partial charge in [-0.1, -0.05) is 25.1 Å². The third kappa shape index (κ3) is 5.30. The Labute approximate surface area is 116 Å². The third-order valence-corrected chi connectivity index (χ3v) is 3.15. The van der Waals surface area contributed by atoms with Crippen molar-refractivity contribution in [2.45, 2.75) is 19.8 Å². The molecule has 0 radical (unpaired) electrons. The molecule has 0 atom stereocenters. The number of anilines is 1. The number of amides is 1. The van der Waals surface area contributed by atoms with Crippen LogP contribution in [0, 0.1) is 0 Å². The fourth-order valence-corrected chi connectivity index (χ4v) is 1.96. The zero-order valence-electron chi connectivity index (χ0n) is 12.2. The molecule has 0 saturated carbocycles. The van der Waals surface area contributed by atoms with Crippen molar-refractivity contribution in [3.63, 3.8) is 0 Å². The summed E-state index contributed by atoms with van der Waals surface area (Å²) >= 11 is 0. The minimum atomic E-state index is 0.148. The number of carbonyl (C=O) groups excluding carboxylic acids is 1. The summed E-state index contributed by atoms with van der Waals surface area (Å²) in [5.74, 6) is 0.148. The number of likely N-dealkylation sites (N-methyl/N-ethyl adjacent to an activating group) is 1. The Balaban J connectivity index is 2.54. The van der Waals surface area contributed by atoms with Crippen LogP contribution in [-0.4, -0.2) is 49.4 Å². The van der Waals surface area contributed by atoms with Crippen LogP contribution in [0.5, 0.6) is 0 Å². The van der Waals surface area contributed by atoms with E-state index in [4.69, 9.17) is 5.73 Å².